The van der Waals surface area contributed by atoms with E-state index in [0.717, 1.165) is 13.0 Å². The highest BCUT2D eigenvalue weighted by Gasteiger charge is 2.52. The zero-order valence-corrected chi connectivity index (χ0v) is 24.9. The van der Waals surface area contributed by atoms with E-state index in [9.17, 15) is 18.0 Å². The molecule has 1 amide bonds. The molecule has 3 aliphatic heterocycles. The van der Waals surface area contributed by atoms with Gasteiger partial charge in [-0.25, -0.2) is 0 Å². The van der Waals surface area contributed by atoms with Crippen molar-refractivity contribution in [3.05, 3.63) is 95.6 Å². The minimum atomic E-state index is -4.79. The molecule has 3 heterocycles. The van der Waals surface area contributed by atoms with Gasteiger partial charge in [-0.3, -0.25) is 9.69 Å². The van der Waals surface area contributed by atoms with Crippen molar-refractivity contribution in [2.24, 2.45) is 11.8 Å². The van der Waals surface area contributed by atoms with Crippen LogP contribution in [0.15, 0.2) is 78.9 Å². The van der Waals surface area contributed by atoms with Gasteiger partial charge in [0.1, 0.15) is 11.5 Å². The molecule has 0 aliphatic carbocycles. The van der Waals surface area contributed by atoms with Crippen LogP contribution in [0, 0.1) is 11.8 Å². The van der Waals surface area contributed by atoms with E-state index >= 15 is 0 Å². The number of fused-ring (bicyclic) bond motifs is 3. The van der Waals surface area contributed by atoms with E-state index in [0.29, 0.717) is 30.9 Å². The molecule has 9 heteroatoms. The summed E-state index contributed by atoms with van der Waals surface area (Å²) in [5.74, 6) is 0.248. The fraction of sp³-hybridized carbons (Fsp3) is 0.441. The maximum absolute atomic E-state index is 13.8. The number of piperidine rings is 3. The summed E-state index contributed by atoms with van der Waals surface area (Å²) in [5.41, 5.74) is 2.92. The number of alkyl halides is 3. The number of hydrogen-bond donors (Lipinski definition) is 1. The lowest BCUT2D eigenvalue weighted by Gasteiger charge is -2.57. The highest BCUT2D eigenvalue weighted by Crippen LogP contribution is 2.45. The molecular weight excluding hydrogens is 555 g/mol. The number of halogens is 3. The minimum absolute atomic E-state index is 0.0184. The zero-order chi connectivity index (χ0) is 30.6. The summed E-state index contributed by atoms with van der Waals surface area (Å²) in [6.07, 6.45) is -3.94. The van der Waals surface area contributed by atoms with E-state index in [2.05, 4.69) is 39.2 Å². The lowest BCUT2D eigenvalue weighted by Crippen LogP contribution is -2.69. The fourth-order valence-corrected chi connectivity index (χ4v) is 7.12. The van der Waals surface area contributed by atoms with Gasteiger partial charge in [0.15, 0.2) is 0 Å². The number of rotatable bonds is 11. The van der Waals surface area contributed by atoms with Gasteiger partial charge in [0.25, 0.3) is 0 Å². The smallest absolute Gasteiger partial charge is 0.496 e. The molecule has 3 aliphatic rings. The molecule has 0 radical (unpaired) electrons. The molecule has 2 bridgehead atoms. The van der Waals surface area contributed by atoms with Crippen LogP contribution < -0.4 is 14.8 Å². The number of carbonyl (C=O) groups is 1. The van der Waals surface area contributed by atoms with Crippen LogP contribution in [-0.2, 0) is 11.3 Å². The molecular formula is C34H40F3N3O3. The SMILES string of the molecule is CCN(CC)C(=O)C1CN2CCC1C(NCc1cc(OC(F)(F)F)ccc1OC)C2C(c1ccccc1)c1ccccc1. The Morgan fingerprint density at radius 2 is 1.63 bits per heavy atom. The van der Waals surface area contributed by atoms with Crippen molar-refractivity contribution >= 4 is 5.91 Å². The quantitative estimate of drug-likeness (QED) is 0.292. The molecule has 1 N–H and O–H groups in total. The monoisotopic (exact) mass is 595 g/mol. The van der Waals surface area contributed by atoms with Crippen molar-refractivity contribution < 1.29 is 27.4 Å². The predicted octanol–water partition coefficient (Wildman–Crippen LogP) is 6.07. The maximum atomic E-state index is 13.8. The second kappa shape index (κ2) is 13.4. The largest absolute Gasteiger partial charge is 0.573 e. The first-order valence-corrected chi connectivity index (χ1v) is 15.0. The van der Waals surface area contributed by atoms with Gasteiger partial charge in [0.05, 0.1) is 13.0 Å². The van der Waals surface area contributed by atoms with Crippen molar-refractivity contribution in [1.29, 1.82) is 0 Å². The van der Waals surface area contributed by atoms with Crippen LogP contribution in [-0.4, -0.2) is 67.4 Å². The van der Waals surface area contributed by atoms with E-state index in [4.69, 9.17) is 4.74 Å². The number of ether oxygens (including phenoxy) is 2. The lowest BCUT2D eigenvalue weighted by molar-refractivity contribution is -0.274. The molecule has 0 saturated carbocycles. The Hall–Kier alpha value is -3.56. The van der Waals surface area contributed by atoms with Gasteiger partial charge >= 0.3 is 6.36 Å². The molecule has 3 saturated heterocycles. The molecule has 6 nitrogen and oxygen atoms in total. The fourth-order valence-electron chi connectivity index (χ4n) is 7.12. The van der Waals surface area contributed by atoms with E-state index < -0.39 is 6.36 Å². The summed E-state index contributed by atoms with van der Waals surface area (Å²) >= 11 is 0. The second-order valence-corrected chi connectivity index (χ2v) is 11.3. The maximum Gasteiger partial charge on any atom is 0.573 e. The molecule has 3 aromatic rings. The van der Waals surface area contributed by atoms with Gasteiger partial charge in [-0.05, 0) is 62.1 Å². The van der Waals surface area contributed by atoms with Crippen molar-refractivity contribution in [3.63, 3.8) is 0 Å². The van der Waals surface area contributed by atoms with E-state index in [1.807, 2.05) is 55.1 Å². The normalized spacial score (nSPS) is 23.3. The van der Waals surface area contributed by atoms with Crippen LogP contribution in [0.2, 0.25) is 0 Å². The van der Waals surface area contributed by atoms with Gasteiger partial charge in [0.2, 0.25) is 5.91 Å². The van der Waals surface area contributed by atoms with Crippen LogP contribution in [0.25, 0.3) is 0 Å². The third-order valence-corrected chi connectivity index (χ3v) is 9.01. The lowest BCUT2D eigenvalue weighted by atomic mass is 9.66. The van der Waals surface area contributed by atoms with Gasteiger partial charge in [-0.2, -0.15) is 0 Å². The zero-order valence-electron chi connectivity index (χ0n) is 24.9. The van der Waals surface area contributed by atoms with Gasteiger partial charge in [0, 0.05) is 49.7 Å². The molecule has 0 aromatic heterocycles. The first-order chi connectivity index (χ1) is 20.7. The number of benzene rings is 3. The highest BCUT2D eigenvalue weighted by molar-refractivity contribution is 5.80. The summed E-state index contributed by atoms with van der Waals surface area (Å²) in [6.45, 7) is 7.13. The molecule has 3 fully saturated rings. The van der Waals surface area contributed by atoms with Crippen molar-refractivity contribution in [2.45, 2.75) is 51.2 Å². The van der Waals surface area contributed by atoms with Crippen molar-refractivity contribution in [1.82, 2.24) is 15.1 Å². The summed E-state index contributed by atoms with van der Waals surface area (Å²) in [7, 11) is 1.50. The first-order valence-electron chi connectivity index (χ1n) is 15.0. The Kier molecular flexibility index (Phi) is 9.62. The van der Waals surface area contributed by atoms with Crippen LogP contribution >= 0.6 is 0 Å². The van der Waals surface area contributed by atoms with E-state index in [1.165, 1.54) is 36.4 Å². The Morgan fingerprint density at radius 1 is 1.00 bits per heavy atom. The number of methoxy groups -OCH3 is 1. The molecule has 0 spiro atoms. The van der Waals surface area contributed by atoms with Crippen molar-refractivity contribution in [2.75, 3.05) is 33.3 Å². The van der Waals surface area contributed by atoms with Crippen LogP contribution in [0.3, 0.4) is 0 Å². The molecule has 5 atom stereocenters. The number of nitrogens with zero attached hydrogens (tertiary/aromatic N) is 2. The van der Waals surface area contributed by atoms with E-state index in [-0.39, 0.29) is 48.0 Å². The number of nitrogens with one attached hydrogen (secondary N) is 1. The highest BCUT2D eigenvalue weighted by atomic mass is 19.4. The number of carbonyl (C=O) groups excluding carboxylic acids is 1. The van der Waals surface area contributed by atoms with Gasteiger partial charge in [-0.1, -0.05) is 60.7 Å². The average Bonchev–Trinajstić information content (AvgIpc) is 3.01. The summed E-state index contributed by atoms with van der Waals surface area (Å²) in [6, 6.07) is 24.8. The standard InChI is InChI=1S/C34H40F3N3O3/c1-4-39(5-2)33(41)28-22-40-19-18-27(28)31(38-21-25-20-26(43-34(35,36)37)16-17-29(25)42-3)32(40)30(23-12-8-6-9-13-23)24-14-10-7-11-15-24/h6-17,20,27-28,30-32,38H,4-5,18-19,21-22H2,1-3H3. The molecule has 5 unspecified atom stereocenters. The summed E-state index contributed by atoms with van der Waals surface area (Å²) in [5, 5.41) is 3.73. The second-order valence-electron chi connectivity index (χ2n) is 11.3. The van der Waals surface area contributed by atoms with Crippen molar-refractivity contribution in [3.8, 4) is 11.5 Å². The van der Waals surface area contributed by atoms with Crippen LogP contribution in [0.5, 0.6) is 11.5 Å². The van der Waals surface area contributed by atoms with Crippen LogP contribution in [0.4, 0.5) is 13.2 Å². The van der Waals surface area contributed by atoms with Gasteiger partial charge < -0.3 is 19.7 Å². The molecule has 43 heavy (non-hydrogen) atoms. The molecule has 230 valence electrons. The van der Waals surface area contributed by atoms with Gasteiger partial charge in [-0.15, -0.1) is 13.2 Å². The molecule has 3 aromatic carbocycles. The summed E-state index contributed by atoms with van der Waals surface area (Å²) < 4.78 is 48.8. The van der Waals surface area contributed by atoms with E-state index in [1.54, 1.807) is 0 Å². The van der Waals surface area contributed by atoms with Crippen LogP contribution in [0.1, 0.15) is 42.9 Å². The molecule has 6 rings (SSSR count). The Labute approximate surface area is 251 Å². The Balaban J connectivity index is 1.54. The third-order valence-electron chi connectivity index (χ3n) is 9.01. The third kappa shape index (κ3) is 6.83. The number of amides is 1. The number of hydrogen-bond acceptors (Lipinski definition) is 5. The summed E-state index contributed by atoms with van der Waals surface area (Å²) in [4.78, 5) is 18.2. The Morgan fingerprint density at radius 3 is 2.19 bits per heavy atom. The average molecular weight is 596 g/mol. The first kappa shape index (κ1) is 30.9. The minimum Gasteiger partial charge on any atom is -0.496 e. The topological polar surface area (TPSA) is 54.0 Å². The predicted molar refractivity (Wildman–Crippen MR) is 160 cm³/mol. The Bertz CT molecular complexity index is 1310.